The van der Waals surface area contributed by atoms with Gasteiger partial charge in [0.15, 0.2) is 0 Å². The molecule has 0 radical (unpaired) electrons. The first kappa shape index (κ1) is 13.5. The summed E-state index contributed by atoms with van der Waals surface area (Å²) in [6.45, 7) is 4.30. The lowest BCUT2D eigenvalue weighted by Crippen LogP contribution is -2.09. The molecule has 19 heavy (non-hydrogen) atoms. The molecule has 0 aliphatic rings. The maximum absolute atomic E-state index is 3.53. The molecule has 1 unspecified atom stereocenters. The minimum Gasteiger partial charge on any atom is -0.379 e. The molecular formula is C17H22N2. The monoisotopic (exact) mass is 254 g/mol. The summed E-state index contributed by atoms with van der Waals surface area (Å²) >= 11 is 0. The molecule has 2 heteroatoms. The quantitative estimate of drug-likeness (QED) is 0.878. The Bertz CT molecular complexity index is 512. The molecule has 0 heterocycles. The Morgan fingerprint density at radius 1 is 0.895 bits per heavy atom. The summed E-state index contributed by atoms with van der Waals surface area (Å²) in [5.74, 6) is 0. The second kappa shape index (κ2) is 5.79. The third kappa shape index (κ3) is 3.50. The van der Waals surface area contributed by atoms with Gasteiger partial charge in [0.25, 0.3) is 0 Å². The second-order valence-corrected chi connectivity index (χ2v) is 5.22. The van der Waals surface area contributed by atoms with Gasteiger partial charge in [0.2, 0.25) is 0 Å². The minimum atomic E-state index is 0.311. The van der Waals surface area contributed by atoms with Crippen LogP contribution in [0, 0.1) is 6.92 Å². The molecule has 0 saturated heterocycles. The Morgan fingerprint density at radius 3 is 2.00 bits per heavy atom. The highest BCUT2D eigenvalue weighted by molar-refractivity contribution is 5.55. The molecule has 1 N–H and O–H groups in total. The van der Waals surface area contributed by atoms with Crippen LogP contribution < -0.4 is 10.2 Å². The lowest BCUT2D eigenvalue weighted by atomic mass is 10.1. The van der Waals surface area contributed by atoms with Gasteiger partial charge in [-0.1, -0.05) is 29.8 Å². The van der Waals surface area contributed by atoms with E-state index in [2.05, 4.69) is 86.7 Å². The molecule has 2 aromatic rings. The molecule has 0 aliphatic carbocycles. The van der Waals surface area contributed by atoms with Gasteiger partial charge in [-0.15, -0.1) is 0 Å². The zero-order chi connectivity index (χ0) is 13.8. The number of anilines is 2. The van der Waals surface area contributed by atoms with Crippen molar-refractivity contribution in [2.45, 2.75) is 19.9 Å². The van der Waals surface area contributed by atoms with E-state index in [4.69, 9.17) is 0 Å². The summed E-state index contributed by atoms with van der Waals surface area (Å²) in [5.41, 5.74) is 4.97. The van der Waals surface area contributed by atoms with Crippen LogP contribution in [0.3, 0.4) is 0 Å². The average molecular weight is 254 g/mol. The van der Waals surface area contributed by atoms with E-state index in [0.717, 1.165) is 5.69 Å². The van der Waals surface area contributed by atoms with Crippen molar-refractivity contribution >= 4 is 11.4 Å². The summed E-state index contributed by atoms with van der Waals surface area (Å²) in [6.07, 6.45) is 0. The first-order valence-corrected chi connectivity index (χ1v) is 6.67. The fourth-order valence-corrected chi connectivity index (χ4v) is 2.04. The van der Waals surface area contributed by atoms with Crippen molar-refractivity contribution in [3.63, 3.8) is 0 Å². The summed E-state index contributed by atoms with van der Waals surface area (Å²) in [5, 5.41) is 3.53. The van der Waals surface area contributed by atoms with Crippen LogP contribution in [0.2, 0.25) is 0 Å². The predicted octanol–water partition coefficient (Wildman–Crippen LogP) is 4.23. The molecule has 1 atom stereocenters. The third-order valence-corrected chi connectivity index (χ3v) is 3.34. The molecule has 2 aromatic carbocycles. The lowest BCUT2D eigenvalue weighted by molar-refractivity contribution is 0.884. The van der Waals surface area contributed by atoms with Crippen molar-refractivity contribution in [3.8, 4) is 0 Å². The van der Waals surface area contributed by atoms with Crippen LogP contribution in [0.4, 0.5) is 11.4 Å². The summed E-state index contributed by atoms with van der Waals surface area (Å²) < 4.78 is 0. The minimum absolute atomic E-state index is 0.311. The highest BCUT2D eigenvalue weighted by Gasteiger charge is 2.05. The molecule has 0 bridgehead atoms. The molecule has 0 amide bonds. The smallest absolute Gasteiger partial charge is 0.0485 e. The zero-order valence-corrected chi connectivity index (χ0v) is 12.1. The van der Waals surface area contributed by atoms with Gasteiger partial charge in [-0.2, -0.15) is 0 Å². The van der Waals surface area contributed by atoms with Crippen LogP contribution in [0.5, 0.6) is 0 Å². The number of hydrogen-bond acceptors (Lipinski definition) is 2. The van der Waals surface area contributed by atoms with Crippen molar-refractivity contribution in [1.29, 1.82) is 0 Å². The van der Waals surface area contributed by atoms with Crippen molar-refractivity contribution in [2.75, 3.05) is 24.3 Å². The van der Waals surface area contributed by atoms with Crippen molar-refractivity contribution in [1.82, 2.24) is 0 Å². The first-order valence-electron chi connectivity index (χ1n) is 6.67. The zero-order valence-electron chi connectivity index (χ0n) is 12.1. The number of nitrogens with zero attached hydrogens (tertiary/aromatic N) is 1. The van der Waals surface area contributed by atoms with E-state index in [1.54, 1.807) is 0 Å². The van der Waals surface area contributed by atoms with Crippen molar-refractivity contribution in [3.05, 3.63) is 59.7 Å². The average Bonchev–Trinajstić information content (AvgIpc) is 2.40. The van der Waals surface area contributed by atoms with Crippen LogP contribution >= 0.6 is 0 Å². The van der Waals surface area contributed by atoms with E-state index in [1.807, 2.05) is 0 Å². The van der Waals surface area contributed by atoms with E-state index < -0.39 is 0 Å². The maximum Gasteiger partial charge on any atom is 0.0485 e. The standard InChI is InChI=1S/C17H22N2/c1-13-5-7-15(8-6-13)14(2)18-16-9-11-17(12-10-16)19(3)4/h5-12,14,18H,1-4H3. The van der Waals surface area contributed by atoms with Gasteiger partial charge in [0.05, 0.1) is 0 Å². The van der Waals surface area contributed by atoms with Gasteiger partial charge >= 0.3 is 0 Å². The van der Waals surface area contributed by atoms with Crippen LogP contribution in [-0.2, 0) is 0 Å². The summed E-state index contributed by atoms with van der Waals surface area (Å²) in [4.78, 5) is 2.10. The van der Waals surface area contributed by atoms with E-state index in [0.29, 0.717) is 6.04 Å². The summed E-state index contributed by atoms with van der Waals surface area (Å²) in [6, 6.07) is 17.5. The molecule has 2 rings (SSSR count). The molecule has 0 fully saturated rings. The Balaban J connectivity index is 2.06. The van der Waals surface area contributed by atoms with Gasteiger partial charge in [-0.3, -0.25) is 0 Å². The van der Waals surface area contributed by atoms with E-state index in [9.17, 15) is 0 Å². The number of aryl methyl sites for hydroxylation is 1. The van der Waals surface area contributed by atoms with Gasteiger partial charge in [-0.25, -0.2) is 0 Å². The van der Waals surface area contributed by atoms with Gasteiger partial charge < -0.3 is 10.2 Å². The first-order chi connectivity index (χ1) is 9.06. The van der Waals surface area contributed by atoms with Gasteiger partial charge in [-0.05, 0) is 43.7 Å². The Labute approximate surface area is 116 Å². The Kier molecular flexibility index (Phi) is 4.10. The van der Waals surface area contributed by atoms with Gasteiger partial charge in [0, 0.05) is 31.5 Å². The molecule has 100 valence electrons. The van der Waals surface area contributed by atoms with Crippen LogP contribution in [0.1, 0.15) is 24.1 Å². The van der Waals surface area contributed by atoms with E-state index in [-0.39, 0.29) is 0 Å². The number of hydrogen-bond donors (Lipinski definition) is 1. The highest BCUT2D eigenvalue weighted by Crippen LogP contribution is 2.21. The molecule has 0 aliphatic heterocycles. The SMILES string of the molecule is Cc1ccc(C(C)Nc2ccc(N(C)C)cc2)cc1. The van der Waals surface area contributed by atoms with Crippen LogP contribution in [-0.4, -0.2) is 14.1 Å². The molecule has 0 saturated carbocycles. The number of benzene rings is 2. The molecule has 0 aromatic heterocycles. The molecule has 0 spiro atoms. The van der Waals surface area contributed by atoms with Crippen molar-refractivity contribution < 1.29 is 0 Å². The highest BCUT2D eigenvalue weighted by atomic mass is 15.1. The summed E-state index contributed by atoms with van der Waals surface area (Å²) in [7, 11) is 4.11. The maximum atomic E-state index is 3.53. The molecular weight excluding hydrogens is 232 g/mol. The third-order valence-electron chi connectivity index (χ3n) is 3.34. The topological polar surface area (TPSA) is 15.3 Å². The van der Waals surface area contributed by atoms with Gasteiger partial charge in [0.1, 0.15) is 0 Å². The van der Waals surface area contributed by atoms with Crippen LogP contribution in [0.15, 0.2) is 48.5 Å². The van der Waals surface area contributed by atoms with E-state index >= 15 is 0 Å². The Hall–Kier alpha value is -1.96. The van der Waals surface area contributed by atoms with Crippen LogP contribution in [0.25, 0.3) is 0 Å². The number of nitrogens with one attached hydrogen (secondary N) is 1. The van der Waals surface area contributed by atoms with Crippen molar-refractivity contribution in [2.24, 2.45) is 0 Å². The fourth-order valence-electron chi connectivity index (χ4n) is 2.04. The van der Waals surface area contributed by atoms with E-state index in [1.165, 1.54) is 16.8 Å². The fraction of sp³-hybridized carbons (Fsp3) is 0.294. The molecule has 2 nitrogen and oxygen atoms in total. The number of rotatable bonds is 4. The normalized spacial score (nSPS) is 12.0. The second-order valence-electron chi connectivity index (χ2n) is 5.22. The predicted molar refractivity (Wildman–Crippen MR) is 84.0 cm³/mol. The lowest BCUT2D eigenvalue weighted by Gasteiger charge is -2.17. The largest absolute Gasteiger partial charge is 0.379 e. The Morgan fingerprint density at radius 2 is 1.47 bits per heavy atom.